The Morgan fingerprint density at radius 3 is 2.30 bits per heavy atom. The quantitative estimate of drug-likeness (QED) is 0.730. The Balaban J connectivity index is 1.37. The smallest absolute Gasteiger partial charge is 0.251 e. The van der Waals surface area contributed by atoms with Crippen LogP contribution in [0.15, 0.2) is 54.6 Å². The molecule has 2 aromatic rings. The normalized spacial score (nSPS) is 14.1. The van der Waals surface area contributed by atoms with Crippen molar-refractivity contribution < 1.29 is 19.1 Å². The summed E-state index contributed by atoms with van der Waals surface area (Å²) in [6.45, 7) is 1.15. The second-order valence-electron chi connectivity index (χ2n) is 7.30. The Bertz CT molecular complexity index is 860. The molecule has 0 bridgehead atoms. The molecule has 0 saturated carbocycles. The number of nitrogens with zero attached hydrogens (tertiary/aromatic N) is 1. The van der Waals surface area contributed by atoms with E-state index in [0.717, 1.165) is 11.3 Å². The Morgan fingerprint density at radius 1 is 1.00 bits per heavy atom. The monoisotopic (exact) mass is 409 g/mol. The fraction of sp³-hybridized carbons (Fsp3) is 0.348. The molecule has 7 nitrogen and oxygen atoms in total. The van der Waals surface area contributed by atoms with Crippen LogP contribution in [0.1, 0.15) is 28.8 Å². The van der Waals surface area contributed by atoms with Crippen LogP contribution in [0.3, 0.4) is 0 Å². The third-order valence-electron chi connectivity index (χ3n) is 5.17. The highest BCUT2D eigenvalue weighted by atomic mass is 16.5. The van der Waals surface area contributed by atoms with Crippen molar-refractivity contribution >= 4 is 17.7 Å². The van der Waals surface area contributed by atoms with Gasteiger partial charge in [0.2, 0.25) is 11.8 Å². The predicted molar refractivity (Wildman–Crippen MR) is 113 cm³/mol. The molecule has 0 radical (unpaired) electrons. The van der Waals surface area contributed by atoms with Crippen molar-refractivity contribution in [3.05, 3.63) is 65.7 Å². The summed E-state index contributed by atoms with van der Waals surface area (Å²) >= 11 is 0. The van der Waals surface area contributed by atoms with Gasteiger partial charge in [0.05, 0.1) is 20.1 Å². The highest BCUT2D eigenvalue weighted by molar-refractivity contribution is 5.96. The van der Waals surface area contributed by atoms with Gasteiger partial charge >= 0.3 is 0 Å². The van der Waals surface area contributed by atoms with Crippen LogP contribution in [0.5, 0.6) is 5.75 Å². The summed E-state index contributed by atoms with van der Waals surface area (Å²) in [5.41, 5.74) is 1.47. The van der Waals surface area contributed by atoms with Crippen LogP contribution in [0.25, 0.3) is 0 Å². The van der Waals surface area contributed by atoms with Gasteiger partial charge < -0.3 is 20.3 Å². The van der Waals surface area contributed by atoms with Crippen LogP contribution in [-0.4, -0.2) is 55.4 Å². The maximum absolute atomic E-state index is 12.5. The van der Waals surface area contributed by atoms with Crippen LogP contribution in [0.4, 0.5) is 0 Å². The first-order chi connectivity index (χ1) is 14.5. The van der Waals surface area contributed by atoms with Crippen LogP contribution in [0, 0.1) is 0 Å². The number of hydrogen-bond donors (Lipinski definition) is 2. The Kier molecular flexibility index (Phi) is 7.43. The number of ether oxygens (including phenoxy) is 1. The van der Waals surface area contributed by atoms with Gasteiger partial charge in [0.15, 0.2) is 0 Å². The summed E-state index contributed by atoms with van der Waals surface area (Å²) < 4.78 is 5.13. The molecule has 0 atom stereocenters. The number of amides is 3. The van der Waals surface area contributed by atoms with Gasteiger partial charge in [-0.15, -0.1) is 0 Å². The highest BCUT2D eigenvalue weighted by Gasteiger charge is 2.24. The SMILES string of the molecule is COc1ccc(CC(=O)N2CCC(NC(=O)CNC(=O)c3ccccc3)CC2)cc1. The molecule has 1 saturated heterocycles. The van der Waals surface area contributed by atoms with Gasteiger partial charge in [-0.1, -0.05) is 30.3 Å². The number of methoxy groups -OCH3 is 1. The molecule has 1 aliphatic rings. The molecule has 1 heterocycles. The van der Waals surface area contributed by atoms with E-state index in [1.807, 2.05) is 35.2 Å². The minimum absolute atomic E-state index is 0.0103. The number of rotatable bonds is 7. The van der Waals surface area contributed by atoms with Gasteiger partial charge in [-0.2, -0.15) is 0 Å². The average Bonchev–Trinajstić information content (AvgIpc) is 2.79. The van der Waals surface area contributed by atoms with Crippen molar-refractivity contribution in [3.63, 3.8) is 0 Å². The van der Waals surface area contributed by atoms with Gasteiger partial charge in [0.25, 0.3) is 5.91 Å². The Hall–Kier alpha value is -3.35. The zero-order valence-electron chi connectivity index (χ0n) is 17.1. The molecular formula is C23H27N3O4. The Labute approximate surface area is 176 Å². The lowest BCUT2D eigenvalue weighted by Crippen LogP contribution is -2.49. The maximum atomic E-state index is 12.5. The molecule has 3 rings (SSSR count). The molecule has 0 spiro atoms. The van der Waals surface area contributed by atoms with E-state index in [2.05, 4.69) is 10.6 Å². The summed E-state index contributed by atoms with van der Waals surface area (Å²) in [6.07, 6.45) is 1.76. The van der Waals surface area contributed by atoms with Crippen LogP contribution in [0.2, 0.25) is 0 Å². The molecule has 1 aliphatic heterocycles. The first-order valence-corrected chi connectivity index (χ1v) is 10.1. The standard InChI is InChI=1S/C23H27N3O4/c1-30-20-9-7-17(8-10-20)15-22(28)26-13-11-19(12-14-26)25-21(27)16-24-23(29)18-5-3-2-4-6-18/h2-10,19H,11-16H2,1H3,(H,24,29)(H,25,27). The first kappa shape index (κ1) is 21.4. The van der Waals surface area contributed by atoms with Gasteiger partial charge in [0, 0.05) is 24.7 Å². The van der Waals surface area contributed by atoms with E-state index < -0.39 is 0 Å². The minimum atomic E-state index is -0.273. The molecule has 0 aromatic heterocycles. The highest BCUT2D eigenvalue weighted by Crippen LogP contribution is 2.15. The van der Waals surface area contributed by atoms with Crippen molar-refractivity contribution in [1.29, 1.82) is 0 Å². The first-order valence-electron chi connectivity index (χ1n) is 10.1. The summed E-state index contributed by atoms with van der Waals surface area (Å²) in [4.78, 5) is 38.5. The second-order valence-corrected chi connectivity index (χ2v) is 7.30. The zero-order valence-corrected chi connectivity index (χ0v) is 17.1. The van der Waals surface area contributed by atoms with E-state index in [-0.39, 0.29) is 30.3 Å². The molecular weight excluding hydrogens is 382 g/mol. The molecule has 1 fully saturated rings. The minimum Gasteiger partial charge on any atom is -0.497 e. The predicted octanol–water partition coefficient (Wildman–Crippen LogP) is 1.77. The summed E-state index contributed by atoms with van der Waals surface area (Å²) in [6, 6.07) is 16.3. The molecule has 0 unspecified atom stereocenters. The van der Waals surface area contributed by atoms with Crippen molar-refractivity contribution in [2.45, 2.75) is 25.3 Å². The lowest BCUT2D eigenvalue weighted by atomic mass is 10.0. The van der Waals surface area contributed by atoms with Crippen LogP contribution >= 0.6 is 0 Å². The number of piperidine rings is 1. The topological polar surface area (TPSA) is 87.7 Å². The van der Waals surface area contributed by atoms with Gasteiger partial charge in [-0.05, 0) is 42.7 Å². The number of hydrogen-bond acceptors (Lipinski definition) is 4. The fourth-order valence-electron chi connectivity index (χ4n) is 3.43. The van der Waals surface area contributed by atoms with E-state index in [4.69, 9.17) is 4.74 Å². The van der Waals surface area contributed by atoms with Gasteiger partial charge in [-0.3, -0.25) is 14.4 Å². The van der Waals surface area contributed by atoms with Gasteiger partial charge in [-0.25, -0.2) is 0 Å². The summed E-state index contributed by atoms with van der Waals surface area (Å²) in [5.74, 6) is 0.356. The Morgan fingerprint density at radius 2 is 1.67 bits per heavy atom. The third-order valence-corrected chi connectivity index (χ3v) is 5.17. The molecule has 0 aliphatic carbocycles. The lowest BCUT2D eigenvalue weighted by Gasteiger charge is -2.32. The van der Waals surface area contributed by atoms with Crippen LogP contribution < -0.4 is 15.4 Å². The molecule has 2 aromatic carbocycles. The molecule has 158 valence electrons. The fourth-order valence-corrected chi connectivity index (χ4v) is 3.43. The van der Waals surface area contributed by atoms with E-state index in [0.29, 0.717) is 37.9 Å². The largest absolute Gasteiger partial charge is 0.497 e. The van der Waals surface area contributed by atoms with E-state index in [9.17, 15) is 14.4 Å². The van der Waals surface area contributed by atoms with E-state index in [1.165, 1.54) is 0 Å². The van der Waals surface area contributed by atoms with E-state index in [1.54, 1.807) is 31.4 Å². The second kappa shape index (κ2) is 10.4. The maximum Gasteiger partial charge on any atom is 0.251 e. The molecule has 2 N–H and O–H groups in total. The number of nitrogens with one attached hydrogen (secondary N) is 2. The lowest BCUT2D eigenvalue weighted by molar-refractivity contribution is -0.131. The number of likely N-dealkylation sites (tertiary alicyclic amines) is 1. The number of carbonyl (C=O) groups is 3. The molecule has 7 heteroatoms. The summed E-state index contributed by atoms with van der Waals surface area (Å²) in [7, 11) is 1.61. The average molecular weight is 409 g/mol. The van der Waals surface area contributed by atoms with Crippen molar-refractivity contribution in [3.8, 4) is 5.75 Å². The number of carbonyl (C=O) groups excluding carboxylic acids is 3. The molecule has 30 heavy (non-hydrogen) atoms. The molecule has 3 amide bonds. The summed E-state index contributed by atoms with van der Waals surface area (Å²) in [5, 5.41) is 5.57. The zero-order chi connectivity index (χ0) is 21.3. The third kappa shape index (κ3) is 6.07. The van der Waals surface area contributed by atoms with Crippen molar-refractivity contribution in [2.24, 2.45) is 0 Å². The van der Waals surface area contributed by atoms with Crippen LogP contribution in [-0.2, 0) is 16.0 Å². The van der Waals surface area contributed by atoms with Crippen molar-refractivity contribution in [2.75, 3.05) is 26.7 Å². The van der Waals surface area contributed by atoms with Crippen molar-refractivity contribution in [1.82, 2.24) is 15.5 Å². The van der Waals surface area contributed by atoms with Gasteiger partial charge in [0.1, 0.15) is 5.75 Å². The van der Waals surface area contributed by atoms with E-state index >= 15 is 0 Å². The number of benzene rings is 2.